The maximum Gasteiger partial charge on any atom is 0.244 e. The van der Waals surface area contributed by atoms with E-state index in [-0.39, 0.29) is 18.1 Å². The average molecular weight is 496 g/mol. The number of anilines is 1. The second kappa shape index (κ2) is 11.9. The van der Waals surface area contributed by atoms with E-state index in [4.69, 9.17) is 0 Å². The second-order valence-electron chi connectivity index (χ2n) is 8.09. The number of carbonyl (C=O) groups excluding carboxylic acids is 2. The van der Waals surface area contributed by atoms with Crippen LogP contribution in [0, 0.1) is 18.6 Å². The van der Waals surface area contributed by atoms with E-state index in [0.29, 0.717) is 23.7 Å². The smallest absolute Gasteiger partial charge is 0.244 e. The minimum atomic E-state index is -4.03. The Morgan fingerprint density at radius 3 is 2.32 bits per heavy atom. The number of sulfonamides is 1. The summed E-state index contributed by atoms with van der Waals surface area (Å²) in [6.45, 7) is 5.40. The third kappa shape index (κ3) is 7.24. The molecule has 2 amide bonds. The molecule has 0 spiro atoms. The Bertz CT molecular complexity index is 1120. The highest BCUT2D eigenvalue weighted by Gasteiger charge is 2.31. The molecule has 0 saturated carbocycles. The van der Waals surface area contributed by atoms with Crippen LogP contribution < -0.4 is 9.62 Å². The Kier molecular flexibility index (Phi) is 9.55. The predicted molar refractivity (Wildman–Crippen MR) is 128 cm³/mol. The van der Waals surface area contributed by atoms with Gasteiger partial charge in [-0.05, 0) is 37.5 Å². The van der Waals surface area contributed by atoms with Crippen molar-refractivity contribution >= 4 is 27.5 Å². The highest BCUT2D eigenvalue weighted by Crippen LogP contribution is 2.22. The molecule has 186 valence electrons. The molecular weight excluding hydrogens is 464 g/mol. The number of rotatable bonds is 11. The van der Waals surface area contributed by atoms with Gasteiger partial charge in [-0.2, -0.15) is 0 Å². The van der Waals surface area contributed by atoms with Crippen molar-refractivity contribution in [2.75, 3.05) is 23.7 Å². The normalized spacial score (nSPS) is 12.2. The lowest BCUT2D eigenvalue weighted by atomic mass is 10.1. The standard InChI is InChI=1S/C24H31F2N3O4S/c1-5-12-27-24(31)22(6-2)28(15-18-9-7-8-17(3)13-18)23(30)16-29(34(4,32)33)19-10-11-20(25)21(26)14-19/h7-11,13-14,22H,5-6,12,15-16H2,1-4H3,(H,27,31)/t22-/m1/s1. The third-order valence-electron chi connectivity index (χ3n) is 5.24. The van der Waals surface area contributed by atoms with Crippen LogP contribution in [0.3, 0.4) is 0 Å². The molecule has 10 heteroatoms. The Morgan fingerprint density at radius 2 is 1.76 bits per heavy atom. The Morgan fingerprint density at radius 1 is 1.06 bits per heavy atom. The molecule has 0 aromatic heterocycles. The maximum absolute atomic E-state index is 13.8. The topological polar surface area (TPSA) is 86.8 Å². The highest BCUT2D eigenvalue weighted by atomic mass is 32.2. The molecule has 1 N–H and O–H groups in total. The average Bonchev–Trinajstić information content (AvgIpc) is 2.77. The second-order valence-corrected chi connectivity index (χ2v) is 10.0. The molecule has 0 saturated heterocycles. The lowest BCUT2D eigenvalue weighted by Gasteiger charge is -2.33. The van der Waals surface area contributed by atoms with Gasteiger partial charge in [-0.25, -0.2) is 17.2 Å². The summed E-state index contributed by atoms with van der Waals surface area (Å²) in [5, 5.41) is 2.79. The first-order chi connectivity index (χ1) is 16.0. The molecule has 0 fully saturated rings. The van der Waals surface area contributed by atoms with Gasteiger partial charge >= 0.3 is 0 Å². The lowest BCUT2D eigenvalue weighted by Crippen LogP contribution is -2.52. The fourth-order valence-electron chi connectivity index (χ4n) is 3.55. The van der Waals surface area contributed by atoms with E-state index >= 15 is 0 Å². The van der Waals surface area contributed by atoms with Crippen LogP contribution in [0.4, 0.5) is 14.5 Å². The molecule has 2 aromatic rings. The van der Waals surface area contributed by atoms with Crippen LogP contribution in [0.2, 0.25) is 0 Å². The first-order valence-corrected chi connectivity index (χ1v) is 12.9. The van der Waals surface area contributed by atoms with Gasteiger partial charge in [0.2, 0.25) is 21.8 Å². The van der Waals surface area contributed by atoms with Crippen LogP contribution in [0.1, 0.15) is 37.8 Å². The molecule has 2 rings (SSSR count). The maximum atomic E-state index is 13.8. The van der Waals surface area contributed by atoms with Crippen LogP contribution in [-0.2, 0) is 26.2 Å². The zero-order valence-corrected chi connectivity index (χ0v) is 20.7. The van der Waals surface area contributed by atoms with Crippen LogP contribution in [0.25, 0.3) is 0 Å². The monoisotopic (exact) mass is 495 g/mol. The molecule has 0 aliphatic heterocycles. The van der Waals surface area contributed by atoms with Gasteiger partial charge in [0, 0.05) is 19.2 Å². The fraction of sp³-hybridized carbons (Fsp3) is 0.417. The van der Waals surface area contributed by atoms with Gasteiger partial charge in [0.25, 0.3) is 0 Å². The van der Waals surface area contributed by atoms with Gasteiger partial charge < -0.3 is 10.2 Å². The summed E-state index contributed by atoms with van der Waals surface area (Å²) in [5.41, 5.74) is 1.55. The molecule has 34 heavy (non-hydrogen) atoms. The molecular formula is C24H31F2N3O4S. The molecule has 0 radical (unpaired) electrons. The van der Waals surface area contributed by atoms with Gasteiger partial charge in [-0.3, -0.25) is 13.9 Å². The number of amides is 2. The summed E-state index contributed by atoms with van der Waals surface area (Å²) < 4.78 is 52.8. The molecule has 0 aliphatic carbocycles. The molecule has 1 atom stereocenters. The van der Waals surface area contributed by atoms with Gasteiger partial charge in [-0.1, -0.05) is 43.7 Å². The summed E-state index contributed by atoms with van der Waals surface area (Å²) in [7, 11) is -4.03. The summed E-state index contributed by atoms with van der Waals surface area (Å²) in [4.78, 5) is 27.6. The molecule has 2 aromatic carbocycles. The van der Waals surface area contributed by atoms with Crippen LogP contribution in [0.15, 0.2) is 42.5 Å². The van der Waals surface area contributed by atoms with Crippen LogP contribution in [-0.4, -0.2) is 50.5 Å². The number of carbonyl (C=O) groups is 2. The van der Waals surface area contributed by atoms with Crippen molar-refractivity contribution in [1.29, 1.82) is 0 Å². The van der Waals surface area contributed by atoms with Crippen molar-refractivity contribution in [2.24, 2.45) is 0 Å². The number of hydrogen-bond donors (Lipinski definition) is 1. The summed E-state index contributed by atoms with van der Waals surface area (Å²) in [5.74, 6) is -3.36. The first-order valence-electron chi connectivity index (χ1n) is 11.0. The minimum Gasteiger partial charge on any atom is -0.354 e. The SMILES string of the molecule is CCCNC(=O)[C@@H](CC)N(Cc1cccc(C)c1)C(=O)CN(c1ccc(F)c(F)c1)S(C)(=O)=O. The predicted octanol–water partition coefficient (Wildman–Crippen LogP) is 3.37. The van der Waals surface area contributed by atoms with Crippen molar-refractivity contribution in [1.82, 2.24) is 10.2 Å². The van der Waals surface area contributed by atoms with Gasteiger partial charge in [-0.15, -0.1) is 0 Å². The number of hydrogen-bond acceptors (Lipinski definition) is 4. The van der Waals surface area contributed by atoms with Crippen molar-refractivity contribution in [3.63, 3.8) is 0 Å². The summed E-state index contributed by atoms with van der Waals surface area (Å²) in [6.07, 6.45) is 1.89. The van der Waals surface area contributed by atoms with E-state index in [1.807, 2.05) is 38.1 Å². The Balaban J connectivity index is 2.44. The Labute approximate surface area is 199 Å². The van der Waals surface area contributed by atoms with E-state index in [1.165, 1.54) is 4.90 Å². The van der Waals surface area contributed by atoms with E-state index in [2.05, 4.69) is 5.32 Å². The van der Waals surface area contributed by atoms with Crippen molar-refractivity contribution in [3.05, 3.63) is 65.2 Å². The number of nitrogens with zero attached hydrogens (tertiary/aromatic N) is 2. The molecule has 0 heterocycles. The lowest BCUT2D eigenvalue weighted by molar-refractivity contribution is -0.140. The van der Waals surface area contributed by atoms with Crippen molar-refractivity contribution < 1.29 is 26.8 Å². The highest BCUT2D eigenvalue weighted by molar-refractivity contribution is 7.92. The largest absolute Gasteiger partial charge is 0.354 e. The quantitative estimate of drug-likeness (QED) is 0.518. The summed E-state index contributed by atoms with van der Waals surface area (Å²) in [6, 6.07) is 9.18. The number of halogens is 2. The van der Waals surface area contributed by atoms with Gasteiger partial charge in [0.05, 0.1) is 11.9 Å². The zero-order valence-electron chi connectivity index (χ0n) is 19.8. The van der Waals surface area contributed by atoms with Crippen molar-refractivity contribution in [3.8, 4) is 0 Å². The number of aryl methyl sites for hydroxylation is 1. The van der Waals surface area contributed by atoms with Gasteiger partial charge in [0.1, 0.15) is 12.6 Å². The summed E-state index contributed by atoms with van der Waals surface area (Å²) >= 11 is 0. The molecule has 0 bridgehead atoms. The number of benzene rings is 2. The zero-order chi connectivity index (χ0) is 25.5. The third-order valence-corrected chi connectivity index (χ3v) is 6.38. The van der Waals surface area contributed by atoms with E-state index < -0.39 is 40.2 Å². The van der Waals surface area contributed by atoms with E-state index in [9.17, 15) is 26.8 Å². The van der Waals surface area contributed by atoms with Gasteiger partial charge in [0.15, 0.2) is 11.6 Å². The fourth-order valence-corrected chi connectivity index (χ4v) is 4.39. The Hall–Kier alpha value is -3.01. The number of nitrogens with one attached hydrogen (secondary N) is 1. The van der Waals surface area contributed by atoms with Crippen LogP contribution >= 0.6 is 0 Å². The molecule has 0 unspecified atom stereocenters. The minimum absolute atomic E-state index is 0.0773. The molecule has 7 nitrogen and oxygen atoms in total. The van der Waals surface area contributed by atoms with E-state index in [1.54, 1.807) is 6.92 Å². The molecule has 0 aliphatic rings. The van der Waals surface area contributed by atoms with Crippen molar-refractivity contribution in [2.45, 2.75) is 46.2 Å². The van der Waals surface area contributed by atoms with E-state index in [0.717, 1.165) is 35.6 Å². The first kappa shape index (κ1) is 27.2. The van der Waals surface area contributed by atoms with Crippen LogP contribution in [0.5, 0.6) is 0 Å².